The number of carboxylic acid groups (broad SMARTS) is 1. The standard InChI is InChI=1S/C15H14O6/c16-7-15-6-5-10(18)13(21-15)11(14(19)20)12(15)8-1-3-9(17)4-2-8/h1-6,11-13,16-17H,7H2,(H,19,20)/t11-,12-,13+,15+/m0/s1. The Hall–Kier alpha value is -2.18. The summed E-state index contributed by atoms with van der Waals surface area (Å²) in [6, 6.07) is 6.03. The summed E-state index contributed by atoms with van der Waals surface area (Å²) in [6.07, 6.45) is 1.62. The van der Waals surface area contributed by atoms with Crippen LogP contribution in [0.2, 0.25) is 0 Å². The van der Waals surface area contributed by atoms with Crippen LogP contribution in [0.4, 0.5) is 0 Å². The Morgan fingerprint density at radius 1 is 1.29 bits per heavy atom. The average molecular weight is 290 g/mol. The number of aromatic hydroxyl groups is 1. The van der Waals surface area contributed by atoms with Crippen LogP contribution in [0.1, 0.15) is 11.5 Å². The number of aliphatic hydroxyl groups excluding tert-OH is 1. The summed E-state index contributed by atoms with van der Waals surface area (Å²) < 4.78 is 5.59. The van der Waals surface area contributed by atoms with Gasteiger partial charge in [-0.3, -0.25) is 9.59 Å². The van der Waals surface area contributed by atoms with Crippen LogP contribution >= 0.6 is 0 Å². The molecule has 0 radical (unpaired) electrons. The van der Waals surface area contributed by atoms with E-state index in [9.17, 15) is 24.9 Å². The van der Waals surface area contributed by atoms with Gasteiger partial charge in [0.25, 0.3) is 0 Å². The molecule has 6 nitrogen and oxygen atoms in total. The molecule has 0 aliphatic carbocycles. The molecule has 1 aromatic carbocycles. The second-order valence-corrected chi connectivity index (χ2v) is 5.32. The first-order chi connectivity index (χ1) is 9.98. The first-order valence-electron chi connectivity index (χ1n) is 6.52. The molecule has 2 aliphatic heterocycles. The number of phenols is 1. The van der Waals surface area contributed by atoms with Gasteiger partial charge in [0, 0.05) is 5.92 Å². The van der Waals surface area contributed by atoms with Crippen molar-refractivity contribution < 1.29 is 29.6 Å². The SMILES string of the molecule is O=C(O)[C@@H]1[C@@H]2O[C@@](CO)(C=CC2=O)[C@H]1c1ccc(O)cc1. The third kappa shape index (κ3) is 1.95. The molecule has 0 unspecified atom stereocenters. The smallest absolute Gasteiger partial charge is 0.310 e. The summed E-state index contributed by atoms with van der Waals surface area (Å²) in [5, 5.41) is 28.6. The van der Waals surface area contributed by atoms with Gasteiger partial charge in [0.05, 0.1) is 6.61 Å². The lowest BCUT2D eigenvalue weighted by molar-refractivity contribution is -0.148. The lowest BCUT2D eigenvalue weighted by atomic mass is 9.76. The van der Waals surface area contributed by atoms with E-state index in [1.54, 1.807) is 12.1 Å². The van der Waals surface area contributed by atoms with E-state index in [0.717, 1.165) is 0 Å². The Morgan fingerprint density at radius 2 is 1.95 bits per heavy atom. The number of phenolic OH excluding ortho intramolecular Hbond substituents is 1. The van der Waals surface area contributed by atoms with Crippen LogP contribution in [0.5, 0.6) is 5.75 Å². The van der Waals surface area contributed by atoms with Crippen LogP contribution in [-0.2, 0) is 14.3 Å². The quantitative estimate of drug-likeness (QED) is 0.746. The molecule has 21 heavy (non-hydrogen) atoms. The van der Waals surface area contributed by atoms with Crippen LogP contribution in [0.3, 0.4) is 0 Å². The number of aliphatic carboxylic acids is 1. The largest absolute Gasteiger partial charge is 0.508 e. The fourth-order valence-electron chi connectivity index (χ4n) is 3.19. The molecular formula is C15H14O6. The van der Waals surface area contributed by atoms with Crippen molar-refractivity contribution in [3.05, 3.63) is 42.0 Å². The van der Waals surface area contributed by atoms with Crippen molar-refractivity contribution in [1.29, 1.82) is 0 Å². The summed E-state index contributed by atoms with van der Waals surface area (Å²) in [5.41, 5.74) is -0.630. The molecule has 3 rings (SSSR count). The van der Waals surface area contributed by atoms with E-state index in [1.807, 2.05) is 0 Å². The van der Waals surface area contributed by atoms with Crippen LogP contribution in [0, 0.1) is 5.92 Å². The maximum atomic E-state index is 11.9. The van der Waals surface area contributed by atoms with Gasteiger partial charge in [0.2, 0.25) is 0 Å². The maximum Gasteiger partial charge on any atom is 0.310 e. The van der Waals surface area contributed by atoms with Crippen LogP contribution < -0.4 is 0 Å². The monoisotopic (exact) mass is 290 g/mol. The third-order valence-electron chi connectivity index (χ3n) is 4.15. The molecule has 0 aromatic heterocycles. The lowest BCUT2D eigenvalue weighted by Crippen LogP contribution is -2.39. The van der Waals surface area contributed by atoms with Crippen molar-refractivity contribution >= 4 is 11.8 Å². The Bertz CT molecular complexity index is 620. The molecule has 6 heteroatoms. The molecule has 3 N–H and O–H groups in total. The van der Waals surface area contributed by atoms with Crippen LogP contribution in [0.25, 0.3) is 0 Å². The highest BCUT2D eigenvalue weighted by atomic mass is 16.5. The normalized spacial score (nSPS) is 34.1. The Kier molecular flexibility index (Phi) is 3.07. The molecule has 0 saturated carbocycles. The number of aliphatic hydroxyl groups is 1. The topological polar surface area (TPSA) is 104 Å². The fourth-order valence-corrected chi connectivity index (χ4v) is 3.19. The summed E-state index contributed by atoms with van der Waals surface area (Å²) >= 11 is 0. The van der Waals surface area contributed by atoms with E-state index in [4.69, 9.17) is 4.74 Å². The molecule has 2 heterocycles. The van der Waals surface area contributed by atoms with E-state index in [0.29, 0.717) is 5.56 Å². The predicted molar refractivity (Wildman–Crippen MR) is 70.8 cm³/mol. The molecule has 2 aliphatic rings. The number of carbonyl (C=O) groups is 2. The van der Waals surface area contributed by atoms with Crippen molar-refractivity contribution in [1.82, 2.24) is 0 Å². The van der Waals surface area contributed by atoms with Crippen molar-refractivity contribution in [2.24, 2.45) is 5.92 Å². The van der Waals surface area contributed by atoms with Gasteiger partial charge in [-0.2, -0.15) is 0 Å². The molecule has 0 amide bonds. The highest BCUT2D eigenvalue weighted by molar-refractivity contribution is 5.99. The zero-order valence-electron chi connectivity index (χ0n) is 11.0. The van der Waals surface area contributed by atoms with Crippen LogP contribution in [-0.4, -0.2) is 45.4 Å². The Balaban J connectivity index is 2.14. The van der Waals surface area contributed by atoms with Gasteiger partial charge >= 0.3 is 5.97 Å². The minimum absolute atomic E-state index is 0.0529. The molecule has 2 bridgehead atoms. The van der Waals surface area contributed by atoms with Gasteiger partial charge in [0.1, 0.15) is 23.4 Å². The van der Waals surface area contributed by atoms with E-state index in [2.05, 4.69) is 0 Å². The van der Waals surface area contributed by atoms with Crippen LogP contribution in [0.15, 0.2) is 36.4 Å². The molecule has 1 aromatic rings. The van der Waals surface area contributed by atoms with Crippen molar-refractivity contribution in [3.8, 4) is 5.75 Å². The number of hydrogen-bond acceptors (Lipinski definition) is 5. The molecular weight excluding hydrogens is 276 g/mol. The molecule has 1 fully saturated rings. The fraction of sp³-hybridized carbons (Fsp3) is 0.333. The van der Waals surface area contributed by atoms with Gasteiger partial charge in [-0.05, 0) is 29.8 Å². The molecule has 4 atom stereocenters. The number of benzene rings is 1. The zero-order chi connectivity index (χ0) is 15.2. The molecule has 0 spiro atoms. The van der Waals surface area contributed by atoms with Gasteiger partial charge in [-0.25, -0.2) is 0 Å². The highest BCUT2D eigenvalue weighted by Crippen LogP contribution is 2.50. The number of fused-ring (bicyclic) bond motifs is 2. The summed E-state index contributed by atoms with van der Waals surface area (Å²) in [6.45, 7) is -0.428. The summed E-state index contributed by atoms with van der Waals surface area (Å²) in [5.74, 6) is -3.28. The number of hydrogen-bond donors (Lipinski definition) is 3. The van der Waals surface area contributed by atoms with Gasteiger partial charge < -0.3 is 20.1 Å². The van der Waals surface area contributed by atoms with Gasteiger partial charge in [0.15, 0.2) is 5.78 Å². The maximum absolute atomic E-state index is 11.9. The number of rotatable bonds is 3. The van der Waals surface area contributed by atoms with Crippen molar-refractivity contribution in [2.75, 3.05) is 6.61 Å². The van der Waals surface area contributed by atoms with E-state index < -0.39 is 41.9 Å². The Morgan fingerprint density at radius 3 is 2.52 bits per heavy atom. The second-order valence-electron chi connectivity index (χ2n) is 5.32. The number of carbonyl (C=O) groups excluding carboxylic acids is 1. The zero-order valence-corrected chi connectivity index (χ0v) is 11.0. The number of ketones is 1. The molecule has 1 saturated heterocycles. The van der Waals surface area contributed by atoms with E-state index in [-0.39, 0.29) is 5.75 Å². The van der Waals surface area contributed by atoms with E-state index >= 15 is 0 Å². The highest BCUT2D eigenvalue weighted by Gasteiger charge is 2.60. The number of carboxylic acids is 1. The van der Waals surface area contributed by atoms with Crippen molar-refractivity contribution in [3.63, 3.8) is 0 Å². The average Bonchev–Trinajstić information content (AvgIpc) is 2.76. The summed E-state index contributed by atoms with van der Waals surface area (Å²) in [4.78, 5) is 23.5. The second kappa shape index (κ2) is 4.68. The van der Waals surface area contributed by atoms with Gasteiger partial charge in [-0.15, -0.1) is 0 Å². The van der Waals surface area contributed by atoms with E-state index in [1.165, 1.54) is 24.3 Å². The minimum Gasteiger partial charge on any atom is -0.508 e. The predicted octanol–water partition coefficient (Wildman–Crippen LogP) is 0.445. The first-order valence-corrected chi connectivity index (χ1v) is 6.52. The third-order valence-corrected chi connectivity index (χ3v) is 4.15. The molecule has 110 valence electrons. The minimum atomic E-state index is -1.22. The lowest BCUT2D eigenvalue weighted by Gasteiger charge is -2.31. The Labute approximate surface area is 120 Å². The van der Waals surface area contributed by atoms with Crippen molar-refractivity contribution in [2.45, 2.75) is 17.6 Å². The first kappa shape index (κ1) is 13.8. The number of ether oxygens (including phenoxy) is 1. The summed E-state index contributed by atoms with van der Waals surface area (Å²) in [7, 11) is 0. The van der Waals surface area contributed by atoms with Gasteiger partial charge in [-0.1, -0.05) is 12.1 Å².